The number of benzene rings is 1. The van der Waals surface area contributed by atoms with Crippen molar-refractivity contribution in [2.75, 3.05) is 7.11 Å². The van der Waals surface area contributed by atoms with Crippen LogP contribution in [0.5, 0.6) is 5.75 Å². The molecule has 1 aliphatic rings. The molecular weight excluding hydrogens is 240 g/mol. The van der Waals surface area contributed by atoms with E-state index in [2.05, 4.69) is 11.4 Å². The molecule has 1 aliphatic carbocycles. The number of carbonyl (C=O) groups excluding carboxylic acids is 1. The zero-order chi connectivity index (χ0) is 14.0. The molecule has 2 rings (SSSR count). The molecule has 3 N–H and O–H groups in total. The van der Waals surface area contributed by atoms with Crippen LogP contribution < -0.4 is 15.8 Å². The van der Waals surface area contributed by atoms with Crippen molar-refractivity contribution in [3.63, 3.8) is 0 Å². The van der Waals surface area contributed by atoms with Crippen molar-refractivity contribution in [3.05, 3.63) is 29.3 Å². The minimum Gasteiger partial charge on any atom is -0.497 e. The lowest BCUT2D eigenvalue weighted by Crippen LogP contribution is -2.60. The van der Waals surface area contributed by atoms with Crippen LogP contribution in [0.4, 0.5) is 0 Å². The second-order valence-corrected chi connectivity index (χ2v) is 5.56. The maximum Gasteiger partial charge on any atom is 0.238 e. The van der Waals surface area contributed by atoms with Crippen LogP contribution in [0.2, 0.25) is 0 Å². The summed E-state index contributed by atoms with van der Waals surface area (Å²) in [5.74, 6) is 0.554. The van der Waals surface area contributed by atoms with Crippen molar-refractivity contribution in [3.8, 4) is 5.75 Å². The van der Waals surface area contributed by atoms with Crippen LogP contribution in [0.1, 0.15) is 31.4 Å². The number of rotatable bonds is 4. The first kappa shape index (κ1) is 13.9. The molecule has 0 aromatic heterocycles. The van der Waals surface area contributed by atoms with Crippen molar-refractivity contribution < 1.29 is 9.53 Å². The topological polar surface area (TPSA) is 64.3 Å². The number of carbonyl (C=O) groups is 1. The van der Waals surface area contributed by atoms with Gasteiger partial charge in [0, 0.05) is 12.5 Å². The van der Waals surface area contributed by atoms with Crippen LogP contribution in [0.3, 0.4) is 0 Å². The molecule has 19 heavy (non-hydrogen) atoms. The summed E-state index contributed by atoms with van der Waals surface area (Å²) in [5.41, 5.74) is 7.45. The highest BCUT2D eigenvalue weighted by molar-refractivity contribution is 5.85. The van der Waals surface area contributed by atoms with Gasteiger partial charge in [0.25, 0.3) is 0 Å². The number of amides is 1. The first-order chi connectivity index (χ1) is 8.97. The smallest absolute Gasteiger partial charge is 0.238 e. The van der Waals surface area contributed by atoms with Crippen LogP contribution in [0.25, 0.3) is 0 Å². The third-order valence-electron chi connectivity index (χ3n) is 3.76. The standard InChI is InChI=1S/C15H22N2O2/c1-10(2)17-15(14(16)18)7-6-11-4-5-13(19-3)8-12(11)9-15/h4-5,8,10,17H,6-7,9H2,1-3H3,(H2,16,18). The Morgan fingerprint density at radius 3 is 2.74 bits per heavy atom. The largest absolute Gasteiger partial charge is 0.497 e. The molecule has 1 aromatic carbocycles. The van der Waals surface area contributed by atoms with Crippen molar-refractivity contribution >= 4 is 5.91 Å². The minimum atomic E-state index is -0.631. The first-order valence-electron chi connectivity index (χ1n) is 6.70. The van der Waals surface area contributed by atoms with Crippen LogP contribution in [0, 0.1) is 0 Å². The summed E-state index contributed by atoms with van der Waals surface area (Å²) in [4.78, 5) is 11.9. The average Bonchev–Trinajstić information content (AvgIpc) is 2.36. The molecule has 1 amide bonds. The number of ether oxygens (including phenoxy) is 1. The van der Waals surface area contributed by atoms with Gasteiger partial charge in [-0.25, -0.2) is 0 Å². The number of hydrogen-bond donors (Lipinski definition) is 2. The van der Waals surface area contributed by atoms with E-state index in [1.807, 2.05) is 26.0 Å². The Balaban J connectivity index is 2.34. The van der Waals surface area contributed by atoms with Crippen molar-refractivity contribution in [2.45, 2.75) is 44.7 Å². The number of hydrogen-bond acceptors (Lipinski definition) is 3. The van der Waals surface area contributed by atoms with E-state index in [9.17, 15) is 4.79 Å². The van der Waals surface area contributed by atoms with Crippen LogP contribution in [-0.2, 0) is 17.6 Å². The third-order valence-corrected chi connectivity index (χ3v) is 3.76. The van der Waals surface area contributed by atoms with Crippen LogP contribution >= 0.6 is 0 Å². The number of methoxy groups -OCH3 is 1. The molecule has 0 saturated carbocycles. The second-order valence-electron chi connectivity index (χ2n) is 5.56. The van der Waals surface area contributed by atoms with E-state index in [0.29, 0.717) is 6.42 Å². The van der Waals surface area contributed by atoms with Gasteiger partial charge in [0.15, 0.2) is 0 Å². The fourth-order valence-electron chi connectivity index (χ4n) is 2.86. The van der Waals surface area contributed by atoms with E-state index in [1.165, 1.54) is 5.56 Å². The summed E-state index contributed by atoms with van der Waals surface area (Å²) in [6.45, 7) is 4.07. The Labute approximate surface area is 114 Å². The first-order valence-corrected chi connectivity index (χ1v) is 6.70. The van der Waals surface area contributed by atoms with Crippen LogP contribution in [0.15, 0.2) is 18.2 Å². The van der Waals surface area contributed by atoms with Gasteiger partial charge in [-0.15, -0.1) is 0 Å². The fraction of sp³-hybridized carbons (Fsp3) is 0.533. The van der Waals surface area contributed by atoms with Gasteiger partial charge in [0.05, 0.1) is 7.11 Å². The van der Waals surface area contributed by atoms with E-state index < -0.39 is 5.54 Å². The van der Waals surface area contributed by atoms with Gasteiger partial charge in [-0.2, -0.15) is 0 Å². The van der Waals surface area contributed by atoms with Crippen LogP contribution in [-0.4, -0.2) is 24.6 Å². The highest BCUT2D eigenvalue weighted by Gasteiger charge is 2.40. The highest BCUT2D eigenvalue weighted by atomic mass is 16.5. The predicted octanol–water partition coefficient (Wildman–Crippen LogP) is 1.41. The quantitative estimate of drug-likeness (QED) is 0.862. The Morgan fingerprint density at radius 2 is 2.16 bits per heavy atom. The lowest BCUT2D eigenvalue weighted by molar-refractivity contribution is -0.125. The zero-order valence-corrected chi connectivity index (χ0v) is 11.8. The Hall–Kier alpha value is -1.55. The minimum absolute atomic E-state index is 0.222. The molecule has 1 aromatic rings. The Morgan fingerprint density at radius 1 is 1.42 bits per heavy atom. The van der Waals surface area contributed by atoms with Gasteiger partial charge in [-0.1, -0.05) is 6.07 Å². The molecule has 4 heteroatoms. The lowest BCUT2D eigenvalue weighted by Gasteiger charge is -2.38. The summed E-state index contributed by atoms with van der Waals surface area (Å²) in [7, 11) is 1.65. The summed E-state index contributed by atoms with van der Waals surface area (Å²) in [6, 6.07) is 6.27. The normalized spacial score (nSPS) is 22.1. The Bertz CT molecular complexity index is 485. The van der Waals surface area contributed by atoms with E-state index >= 15 is 0 Å². The SMILES string of the molecule is COc1ccc2c(c1)CC(NC(C)C)(C(N)=O)CC2. The maximum atomic E-state index is 11.9. The predicted molar refractivity (Wildman–Crippen MR) is 75.2 cm³/mol. The van der Waals surface area contributed by atoms with Gasteiger partial charge in [-0.3, -0.25) is 4.79 Å². The molecule has 0 saturated heterocycles. The number of nitrogens with two attached hydrogens (primary N) is 1. The van der Waals surface area contributed by atoms with Crippen molar-refractivity contribution in [1.29, 1.82) is 0 Å². The van der Waals surface area contributed by atoms with E-state index in [4.69, 9.17) is 10.5 Å². The molecule has 104 valence electrons. The maximum absolute atomic E-state index is 11.9. The van der Waals surface area contributed by atoms with E-state index in [0.717, 1.165) is 24.2 Å². The molecule has 0 spiro atoms. The summed E-state index contributed by atoms with van der Waals surface area (Å²) in [5, 5.41) is 3.36. The molecule has 0 aliphatic heterocycles. The van der Waals surface area contributed by atoms with Gasteiger partial charge in [0.1, 0.15) is 11.3 Å². The monoisotopic (exact) mass is 262 g/mol. The zero-order valence-electron chi connectivity index (χ0n) is 11.8. The molecule has 0 heterocycles. The molecular formula is C15H22N2O2. The highest BCUT2D eigenvalue weighted by Crippen LogP contribution is 2.31. The van der Waals surface area contributed by atoms with Crippen molar-refractivity contribution in [1.82, 2.24) is 5.32 Å². The van der Waals surface area contributed by atoms with E-state index in [-0.39, 0.29) is 11.9 Å². The molecule has 0 fully saturated rings. The molecule has 0 radical (unpaired) electrons. The number of nitrogens with one attached hydrogen (secondary N) is 1. The number of aryl methyl sites for hydroxylation is 1. The summed E-state index contributed by atoms with van der Waals surface area (Å²) < 4.78 is 5.25. The number of primary amides is 1. The van der Waals surface area contributed by atoms with Crippen molar-refractivity contribution in [2.24, 2.45) is 5.73 Å². The van der Waals surface area contributed by atoms with Gasteiger partial charge >= 0.3 is 0 Å². The molecule has 0 bridgehead atoms. The molecule has 4 nitrogen and oxygen atoms in total. The van der Waals surface area contributed by atoms with Gasteiger partial charge in [0.2, 0.25) is 5.91 Å². The number of fused-ring (bicyclic) bond motifs is 1. The van der Waals surface area contributed by atoms with Gasteiger partial charge < -0.3 is 15.8 Å². The molecule has 1 unspecified atom stereocenters. The lowest BCUT2D eigenvalue weighted by atomic mass is 9.77. The van der Waals surface area contributed by atoms with Gasteiger partial charge in [-0.05, 0) is 49.9 Å². The Kier molecular flexibility index (Phi) is 3.80. The second kappa shape index (κ2) is 5.21. The summed E-state index contributed by atoms with van der Waals surface area (Å²) in [6.07, 6.45) is 2.24. The fourth-order valence-corrected chi connectivity index (χ4v) is 2.86. The molecule has 1 atom stereocenters. The summed E-state index contributed by atoms with van der Waals surface area (Å²) >= 11 is 0. The average molecular weight is 262 g/mol. The third kappa shape index (κ3) is 2.73. The van der Waals surface area contributed by atoms with E-state index in [1.54, 1.807) is 7.11 Å².